The molecule has 20 heavy (non-hydrogen) atoms. The van der Waals surface area contributed by atoms with Gasteiger partial charge in [-0.1, -0.05) is 31.9 Å². The van der Waals surface area contributed by atoms with Crippen molar-refractivity contribution < 1.29 is 0 Å². The van der Waals surface area contributed by atoms with Gasteiger partial charge in [-0.3, -0.25) is 0 Å². The summed E-state index contributed by atoms with van der Waals surface area (Å²) in [6.07, 6.45) is 8.77. The fourth-order valence-corrected chi connectivity index (χ4v) is 3.15. The maximum Gasteiger partial charge on any atom is 0.138 e. The smallest absolute Gasteiger partial charge is 0.138 e. The van der Waals surface area contributed by atoms with E-state index < -0.39 is 0 Å². The van der Waals surface area contributed by atoms with Gasteiger partial charge in [-0.15, -0.1) is 0 Å². The Morgan fingerprint density at radius 1 is 1.30 bits per heavy atom. The number of hydrogen-bond acceptors (Lipinski definition) is 3. The molecule has 1 heterocycles. The molecule has 0 saturated heterocycles. The van der Waals surface area contributed by atoms with Gasteiger partial charge in [0.15, 0.2) is 0 Å². The van der Waals surface area contributed by atoms with Crippen LogP contribution in [0.5, 0.6) is 0 Å². The van der Waals surface area contributed by atoms with Gasteiger partial charge < -0.3 is 5.32 Å². The zero-order valence-corrected chi connectivity index (χ0v) is 12.0. The predicted octanol–water partition coefficient (Wildman–Crippen LogP) is 3.51. The molecule has 2 unspecified atom stereocenters. The first-order valence-electron chi connectivity index (χ1n) is 7.51. The van der Waals surface area contributed by atoms with Crippen LogP contribution in [0.3, 0.4) is 0 Å². The lowest BCUT2D eigenvalue weighted by Gasteiger charge is -2.27. The number of aromatic nitrogens is 3. The number of nitrogens with one attached hydrogen (secondary N) is 1. The first-order valence-corrected chi connectivity index (χ1v) is 7.51. The molecule has 1 aliphatic carbocycles. The van der Waals surface area contributed by atoms with Crippen molar-refractivity contribution in [1.82, 2.24) is 14.8 Å². The van der Waals surface area contributed by atoms with E-state index in [0.29, 0.717) is 0 Å². The van der Waals surface area contributed by atoms with Crippen molar-refractivity contribution in [1.29, 1.82) is 0 Å². The summed E-state index contributed by atoms with van der Waals surface area (Å²) in [4.78, 5) is 4.02. The zero-order valence-electron chi connectivity index (χ0n) is 12.0. The van der Waals surface area contributed by atoms with Crippen LogP contribution in [-0.4, -0.2) is 21.3 Å². The van der Waals surface area contributed by atoms with Crippen molar-refractivity contribution in [2.45, 2.75) is 32.6 Å². The van der Waals surface area contributed by atoms with Crippen molar-refractivity contribution in [2.24, 2.45) is 11.8 Å². The van der Waals surface area contributed by atoms with E-state index in [2.05, 4.69) is 40.5 Å². The van der Waals surface area contributed by atoms with Gasteiger partial charge in [-0.25, -0.2) is 9.67 Å². The third-order valence-corrected chi connectivity index (χ3v) is 4.20. The molecule has 0 aliphatic heterocycles. The molecule has 1 aliphatic rings. The number of para-hydroxylation sites is 2. The van der Waals surface area contributed by atoms with Crippen molar-refractivity contribution >= 4 is 5.69 Å². The van der Waals surface area contributed by atoms with E-state index in [-0.39, 0.29) is 0 Å². The van der Waals surface area contributed by atoms with E-state index in [4.69, 9.17) is 0 Å². The second kappa shape index (κ2) is 6.07. The molecule has 0 radical (unpaired) electrons. The Balaban J connectivity index is 1.68. The van der Waals surface area contributed by atoms with Crippen LogP contribution in [0.25, 0.3) is 5.69 Å². The van der Waals surface area contributed by atoms with E-state index in [9.17, 15) is 0 Å². The molecule has 2 atom stereocenters. The maximum absolute atomic E-state index is 4.22. The zero-order chi connectivity index (χ0) is 13.8. The molecule has 0 amide bonds. The van der Waals surface area contributed by atoms with Crippen molar-refractivity contribution in [3.8, 4) is 5.69 Å². The highest BCUT2D eigenvalue weighted by Gasteiger charge is 2.18. The van der Waals surface area contributed by atoms with Gasteiger partial charge >= 0.3 is 0 Å². The third kappa shape index (κ3) is 3.00. The number of hydrogen-bond donors (Lipinski definition) is 1. The minimum absolute atomic E-state index is 0.794. The standard InChI is InChI=1S/C16H22N4/c1-13-5-4-6-14(9-13)10-18-15-7-2-3-8-16(15)20-12-17-11-19-20/h2-3,7-8,11-14,18H,4-6,9-10H2,1H3. The monoisotopic (exact) mass is 270 g/mol. The van der Waals surface area contributed by atoms with Crippen LogP contribution in [0.2, 0.25) is 0 Å². The molecular weight excluding hydrogens is 248 g/mol. The maximum atomic E-state index is 4.22. The molecule has 3 rings (SSSR count). The van der Waals surface area contributed by atoms with Crippen molar-refractivity contribution in [3.63, 3.8) is 0 Å². The van der Waals surface area contributed by atoms with Crippen molar-refractivity contribution in [3.05, 3.63) is 36.9 Å². The van der Waals surface area contributed by atoms with E-state index in [1.165, 1.54) is 25.7 Å². The summed E-state index contributed by atoms with van der Waals surface area (Å²) in [5, 5.41) is 7.82. The first kappa shape index (κ1) is 13.2. The number of rotatable bonds is 4. The molecular formula is C16H22N4. The van der Waals surface area contributed by atoms with E-state index in [1.807, 2.05) is 10.7 Å². The lowest BCUT2D eigenvalue weighted by atomic mass is 9.82. The Kier molecular flexibility index (Phi) is 4.00. The average molecular weight is 270 g/mol. The SMILES string of the molecule is CC1CCCC(CNc2ccccc2-n2cncn2)C1. The van der Waals surface area contributed by atoms with Crippen LogP contribution in [0.15, 0.2) is 36.9 Å². The Morgan fingerprint density at radius 3 is 3.00 bits per heavy atom. The summed E-state index contributed by atoms with van der Waals surface area (Å²) in [6.45, 7) is 3.42. The Bertz CT molecular complexity index is 535. The highest BCUT2D eigenvalue weighted by molar-refractivity contribution is 5.60. The van der Waals surface area contributed by atoms with Crippen LogP contribution in [0, 0.1) is 11.8 Å². The second-order valence-electron chi connectivity index (χ2n) is 5.88. The highest BCUT2D eigenvalue weighted by Crippen LogP contribution is 2.29. The molecule has 106 valence electrons. The van der Waals surface area contributed by atoms with Gasteiger partial charge in [-0.2, -0.15) is 5.10 Å². The molecule has 1 N–H and O–H groups in total. The Labute approximate surface area is 120 Å². The van der Waals surface area contributed by atoms with E-state index in [1.54, 1.807) is 12.7 Å². The van der Waals surface area contributed by atoms with Crippen LogP contribution in [0.1, 0.15) is 32.6 Å². The topological polar surface area (TPSA) is 42.7 Å². The Hall–Kier alpha value is -1.84. The van der Waals surface area contributed by atoms with Crippen LogP contribution < -0.4 is 5.32 Å². The Morgan fingerprint density at radius 2 is 2.20 bits per heavy atom. The highest BCUT2D eigenvalue weighted by atomic mass is 15.3. The largest absolute Gasteiger partial charge is 0.383 e. The fourth-order valence-electron chi connectivity index (χ4n) is 3.15. The fraction of sp³-hybridized carbons (Fsp3) is 0.500. The molecule has 1 aromatic heterocycles. The minimum Gasteiger partial charge on any atom is -0.383 e. The number of anilines is 1. The summed E-state index contributed by atoms with van der Waals surface area (Å²) >= 11 is 0. The lowest BCUT2D eigenvalue weighted by molar-refractivity contribution is 0.293. The average Bonchev–Trinajstić information content (AvgIpc) is 3.00. The molecule has 4 heteroatoms. The number of nitrogens with zero attached hydrogens (tertiary/aromatic N) is 3. The van der Waals surface area contributed by atoms with Gasteiger partial charge in [0.05, 0.1) is 11.4 Å². The molecule has 2 aromatic rings. The van der Waals surface area contributed by atoms with Gasteiger partial charge in [-0.05, 0) is 36.8 Å². The normalized spacial score (nSPS) is 22.6. The molecule has 0 bridgehead atoms. The summed E-state index contributed by atoms with van der Waals surface area (Å²) in [5.41, 5.74) is 2.20. The molecule has 4 nitrogen and oxygen atoms in total. The third-order valence-electron chi connectivity index (χ3n) is 4.20. The van der Waals surface area contributed by atoms with Gasteiger partial charge in [0.1, 0.15) is 12.7 Å². The van der Waals surface area contributed by atoms with E-state index >= 15 is 0 Å². The van der Waals surface area contributed by atoms with Gasteiger partial charge in [0.25, 0.3) is 0 Å². The molecule has 0 spiro atoms. The van der Waals surface area contributed by atoms with Crippen LogP contribution in [-0.2, 0) is 0 Å². The predicted molar refractivity (Wildman–Crippen MR) is 81.0 cm³/mol. The summed E-state index contributed by atoms with van der Waals surface area (Å²) in [6, 6.07) is 8.28. The van der Waals surface area contributed by atoms with Gasteiger partial charge in [0.2, 0.25) is 0 Å². The minimum atomic E-state index is 0.794. The molecule has 1 saturated carbocycles. The summed E-state index contributed by atoms with van der Waals surface area (Å²) in [5.74, 6) is 1.67. The second-order valence-corrected chi connectivity index (χ2v) is 5.88. The first-order chi connectivity index (χ1) is 9.83. The summed E-state index contributed by atoms with van der Waals surface area (Å²) in [7, 11) is 0. The molecule has 1 fully saturated rings. The van der Waals surface area contributed by atoms with E-state index in [0.717, 1.165) is 29.8 Å². The quantitative estimate of drug-likeness (QED) is 0.924. The van der Waals surface area contributed by atoms with Crippen molar-refractivity contribution in [2.75, 3.05) is 11.9 Å². The number of benzene rings is 1. The lowest BCUT2D eigenvalue weighted by Crippen LogP contribution is -2.21. The summed E-state index contributed by atoms with van der Waals surface area (Å²) < 4.78 is 1.81. The van der Waals surface area contributed by atoms with Crippen LogP contribution >= 0.6 is 0 Å². The molecule has 1 aromatic carbocycles. The van der Waals surface area contributed by atoms with Gasteiger partial charge in [0, 0.05) is 6.54 Å². The van der Waals surface area contributed by atoms with Crippen LogP contribution in [0.4, 0.5) is 5.69 Å².